The quantitative estimate of drug-likeness (QED) is 0.538. The van der Waals surface area contributed by atoms with Crippen LogP contribution < -0.4 is 0 Å². The van der Waals surface area contributed by atoms with Crippen molar-refractivity contribution in [2.45, 2.75) is 13.1 Å². The van der Waals surface area contributed by atoms with Gasteiger partial charge in [0.1, 0.15) is 5.82 Å². The van der Waals surface area contributed by atoms with E-state index in [0.29, 0.717) is 17.2 Å². The van der Waals surface area contributed by atoms with Gasteiger partial charge in [-0.25, -0.2) is 4.39 Å². The van der Waals surface area contributed by atoms with Crippen LogP contribution in [0.4, 0.5) is 17.6 Å². The molecule has 0 amide bonds. The molecule has 0 saturated carbocycles. The molecule has 0 bridgehead atoms. The van der Waals surface area contributed by atoms with Gasteiger partial charge in [0.25, 0.3) is 0 Å². The molecule has 0 atom stereocenters. The Hall–Kier alpha value is -1.88. The summed E-state index contributed by atoms with van der Waals surface area (Å²) >= 11 is 5.92. The molecule has 0 aliphatic heterocycles. The molecule has 0 aliphatic carbocycles. The van der Waals surface area contributed by atoms with E-state index in [0.717, 1.165) is 12.1 Å². The normalized spacial score (nSPS) is 11.5. The number of rotatable bonds is 2. The number of benzene rings is 2. The number of Topliss-reactive ketones (excluding diaryl/α,β-unsaturated/α-hetero) is 1. The van der Waals surface area contributed by atoms with Crippen molar-refractivity contribution < 1.29 is 22.4 Å². The molecule has 6 heteroatoms. The minimum atomic E-state index is -4.74. The molecule has 0 N–H and O–H groups in total. The Kier molecular flexibility index (Phi) is 4.05. The highest BCUT2D eigenvalue weighted by molar-refractivity contribution is 6.34. The minimum Gasteiger partial charge on any atom is -0.294 e. The topological polar surface area (TPSA) is 17.1 Å². The smallest absolute Gasteiger partial charge is 0.294 e. The van der Waals surface area contributed by atoms with Crippen LogP contribution >= 0.6 is 11.6 Å². The van der Waals surface area contributed by atoms with Gasteiger partial charge in [-0.05, 0) is 42.3 Å². The predicted octanol–water partition coefficient (Wildman–Crippen LogP) is 5.37. The van der Waals surface area contributed by atoms with Gasteiger partial charge < -0.3 is 0 Å². The van der Waals surface area contributed by atoms with Crippen LogP contribution in [0.2, 0.25) is 5.02 Å². The third-order valence-electron chi connectivity index (χ3n) is 2.96. The summed E-state index contributed by atoms with van der Waals surface area (Å²) in [5, 5.41) is 0.167. The summed E-state index contributed by atoms with van der Waals surface area (Å²) in [6.45, 7) is 1.35. The molecule has 0 aliphatic rings. The van der Waals surface area contributed by atoms with Crippen LogP contribution in [0.15, 0.2) is 36.4 Å². The van der Waals surface area contributed by atoms with Crippen molar-refractivity contribution in [1.82, 2.24) is 0 Å². The summed E-state index contributed by atoms with van der Waals surface area (Å²) < 4.78 is 51.0. The van der Waals surface area contributed by atoms with E-state index < -0.39 is 17.6 Å². The molecule has 2 aromatic carbocycles. The fraction of sp³-hybridized carbons (Fsp3) is 0.133. The van der Waals surface area contributed by atoms with Crippen LogP contribution in [0.3, 0.4) is 0 Å². The zero-order valence-corrected chi connectivity index (χ0v) is 11.5. The Bertz CT molecular complexity index is 707. The van der Waals surface area contributed by atoms with Crippen LogP contribution in [0.1, 0.15) is 22.8 Å². The lowest BCUT2D eigenvalue weighted by Crippen LogP contribution is -2.07. The lowest BCUT2D eigenvalue weighted by molar-refractivity contribution is -0.139. The lowest BCUT2D eigenvalue weighted by Gasteiger charge is -2.10. The first-order valence-corrected chi connectivity index (χ1v) is 6.25. The second kappa shape index (κ2) is 5.48. The van der Waals surface area contributed by atoms with Crippen LogP contribution in [0.25, 0.3) is 11.1 Å². The van der Waals surface area contributed by atoms with Gasteiger partial charge in [-0.15, -0.1) is 0 Å². The van der Waals surface area contributed by atoms with E-state index >= 15 is 0 Å². The van der Waals surface area contributed by atoms with E-state index in [1.807, 2.05) is 0 Å². The van der Waals surface area contributed by atoms with Crippen molar-refractivity contribution in [3.8, 4) is 11.1 Å². The maximum atomic E-state index is 13.5. The molecular formula is C15H9ClF4O. The highest BCUT2D eigenvalue weighted by Crippen LogP contribution is 2.34. The summed E-state index contributed by atoms with van der Waals surface area (Å²) in [6, 6.07) is 7.00. The highest BCUT2D eigenvalue weighted by Gasteiger charge is 2.33. The molecule has 110 valence electrons. The standard InChI is InChI=1S/C15H9ClF4O/c1-8(21)11-4-2-9(6-13(11)16)10-3-5-12(14(17)7-10)15(18,19)20/h2-7H,1H3. The molecule has 21 heavy (non-hydrogen) atoms. The van der Waals surface area contributed by atoms with Crippen molar-refractivity contribution in [3.63, 3.8) is 0 Å². The Morgan fingerprint density at radius 2 is 1.62 bits per heavy atom. The van der Waals surface area contributed by atoms with E-state index in [9.17, 15) is 22.4 Å². The average Bonchev–Trinajstić information content (AvgIpc) is 2.36. The zero-order valence-electron chi connectivity index (χ0n) is 10.8. The first kappa shape index (κ1) is 15.5. The molecule has 2 rings (SSSR count). The van der Waals surface area contributed by atoms with Gasteiger partial charge in [0.15, 0.2) is 5.78 Å². The third kappa shape index (κ3) is 3.24. The average molecular weight is 317 g/mol. The van der Waals surface area contributed by atoms with Crippen LogP contribution in [0, 0.1) is 5.82 Å². The van der Waals surface area contributed by atoms with Gasteiger partial charge in [-0.1, -0.05) is 23.7 Å². The number of carbonyl (C=O) groups is 1. The van der Waals surface area contributed by atoms with Crippen molar-refractivity contribution in [1.29, 1.82) is 0 Å². The van der Waals surface area contributed by atoms with E-state index in [1.54, 1.807) is 0 Å². The molecule has 2 aromatic rings. The van der Waals surface area contributed by atoms with E-state index in [4.69, 9.17) is 11.6 Å². The fourth-order valence-corrected chi connectivity index (χ4v) is 2.22. The molecule has 0 spiro atoms. The van der Waals surface area contributed by atoms with Crippen molar-refractivity contribution in [3.05, 3.63) is 58.4 Å². The number of alkyl halides is 3. The summed E-state index contributed by atoms with van der Waals surface area (Å²) in [6.07, 6.45) is -4.74. The highest BCUT2D eigenvalue weighted by atomic mass is 35.5. The summed E-state index contributed by atoms with van der Waals surface area (Å²) in [5.74, 6) is -1.59. The second-order valence-corrected chi connectivity index (χ2v) is 4.85. The number of hydrogen-bond acceptors (Lipinski definition) is 1. The number of hydrogen-bond donors (Lipinski definition) is 0. The molecular weight excluding hydrogens is 308 g/mol. The molecule has 1 nitrogen and oxygen atoms in total. The monoisotopic (exact) mass is 316 g/mol. The zero-order chi connectivity index (χ0) is 15.8. The number of halogens is 5. The molecule has 0 radical (unpaired) electrons. The Morgan fingerprint density at radius 1 is 1.05 bits per heavy atom. The number of ketones is 1. The van der Waals surface area contributed by atoms with Crippen molar-refractivity contribution in [2.75, 3.05) is 0 Å². The first-order valence-electron chi connectivity index (χ1n) is 5.88. The van der Waals surface area contributed by atoms with Crippen LogP contribution in [-0.4, -0.2) is 5.78 Å². The Labute approximate surface area is 123 Å². The maximum absolute atomic E-state index is 13.5. The SMILES string of the molecule is CC(=O)c1ccc(-c2ccc(C(F)(F)F)c(F)c2)cc1Cl. The van der Waals surface area contributed by atoms with Gasteiger partial charge >= 0.3 is 6.18 Å². The van der Waals surface area contributed by atoms with Crippen LogP contribution in [-0.2, 0) is 6.18 Å². The lowest BCUT2D eigenvalue weighted by atomic mass is 10.0. The predicted molar refractivity (Wildman–Crippen MR) is 71.9 cm³/mol. The fourth-order valence-electron chi connectivity index (χ4n) is 1.90. The van der Waals surface area contributed by atoms with Crippen molar-refractivity contribution in [2.24, 2.45) is 0 Å². The minimum absolute atomic E-state index is 0.167. The second-order valence-electron chi connectivity index (χ2n) is 4.44. The molecule has 0 heterocycles. The Balaban J connectivity index is 2.46. The third-order valence-corrected chi connectivity index (χ3v) is 3.27. The van der Waals surface area contributed by atoms with Crippen molar-refractivity contribution >= 4 is 17.4 Å². The first-order chi connectivity index (χ1) is 9.70. The van der Waals surface area contributed by atoms with Gasteiger partial charge in [-0.2, -0.15) is 13.2 Å². The van der Waals surface area contributed by atoms with Gasteiger partial charge in [-0.3, -0.25) is 4.79 Å². The molecule has 0 unspecified atom stereocenters. The van der Waals surface area contributed by atoms with Gasteiger partial charge in [0.2, 0.25) is 0 Å². The molecule has 0 saturated heterocycles. The van der Waals surface area contributed by atoms with Gasteiger partial charge in [0.05, 0.1) is 10.6 Å². The summed E-state index contributed by atoms with van der Waals surface area (Å²) in [7, 11) is 0. The maximum Gasteiger partial charge on any atom is 0.419 e. The van der Waals surface area contributed by atoms with E-state index in [-0.39, 0.29) is 16.4 Å². The summed E-state index contributed by atoms with van der Waals surface area (Å²) in [5.41, 5.74) is -0.347. The van der Waals surface area contributed by atoms with E-state index in [2.05, 4.69) is 0 Å². The molecule has 0 aromatic heterocycles. The van der Waals surface area contributed by atoms with E-state index in [1.165, 1.54) is 25.1 Å². The van der Waals surface area contributed by atoms with Crippen LogP contribution in [0.5, 0.6) is 0 Å². The summed E-state index contributed by atoms with van der Waals surface area (Å²) in [4.78, 5) is 11.3. The Morgan fingerprint density at radius 3 is 2.10 bits per heavy atom. The largest absolute Gasteiger partial charge is 0.419 e. The van der Waals surface area contributed by atoms with Gasteiger partial charge in [0, 0.05) is 5.56 Å². The number of carbonyl (C=O) groups excluding carboxylic acids is 1. The molecule has 0 fully saturated rings.